The van der Waals surface area contributed by atoms with Crippen LogP contribution in [-0.4, -0.2) is 20.7 Å². The van der Waals surface area contributed by atoms with E-state index < -0.39 is 9.84 Å². The molecular formula is C16H16FNO2S. The van der Waals surface area contributed by atoms with Crippen molar-refractivity contribution in [1.29, 1.82) is 0 Å². The quantitative estimate of drug-likeness (QED) is 0.944. The second-order valence-electron chi connectivity index (χ2n) is 5.21. The predicted octanol–water partition coefficient (Wildman–Crippen LogP) is 2.49. The van der Waals surface area contributed by atoms with Crippen LogP contribution in [0.5, 0.6) is 0 Å². The van der Waals surface area contributed by atoms with Crippen molar-refractivity contribution >= 4 is 9.84 Å². The van der Waals surface area contributed by atoms with Gasteiger partial charge in [-0.1, -0.05) is 30.3 Å². The fourth-order valence-corrected chi connectivity index (χ4v) is 4.47. The van der Waals surface area contributed by atoms with Gasteiger partial charge in [-0.25, -0.2) is 12.8 Å². The zero-order valence-electron chi connectivity index (χ0n) is 11.4. The van der Waals surface area contributed by atoms with E-state index in [0.29, 0.717) is 17.9 Å². The Labute approximate surface area is 123 Å². The maximum absolute atomic E-state index is 13.1. The summed E-state index contributed by atoms with van der Waals surface area (Å²) in [5.41, 5.74) is 1.73. The van der Waals surface area contributed by atoms with Gasteiger partial charge in [0.25, 0.3) is 0 Å². The Morgan fingerprint density at radius 3 is 2.76 bits per heavy atom. The smallest absolute Gasteiger partial charge is 0.180 e. The zero-order valence-corrected chi connectivity index (χ0v) is 12.2. The number of hydrogen-bond donors (Lipinski definition) is 1. The van der Waals surface area contributed by atoms with Crippen molar-refractivity contribution in [2.45, 2.75) is 17.4 Å². The van der Waals surface area contributed by atoms with Gasteiger partial charge in [-0.05, 0) is 42.3 Å². The monoisotopic (exact) mass is 305 g/mol. The van der Waals surface area contributed by atoms with Gasteiger partial charge in [0.2, 0.25) is 0 Å². The molecule has 1 aliphatic heterocycles. The lowest BCUT2D eigenvalue weighted by Gasteiger charge is -2.12. The van der Waals surface area contributed by atoms with Crippen LogP contribution in [-0.2, 0) is 16.3 Å². The molecule has 5 heteroatoms. The van der Waals surface area contributed by atoms with Gasteiger partial charge in [0, 0.05) is 6.04 Å². The molecular weight excluding hydrogens is 289 g/mol. The molecule has 1 aliphatic rings. The molecule has 0 spiro atoms. The first kappa shape index (κ1) is 14.2. The Kier molecular flexibility index (Phi) is 3.78. The minimum atomic E-state index is -3.18. The summed E-state index contributed by atoms with van der Waals surface area (Å²) in [6.45, 7) is 0.609. The van der Waals surface area contributed by atoms with Crippen molar-refractivity contribution in [2.75, 3.05) is 12.3 Å². The van der Waals surface area contributed by atoms with Gasteiger partial charge in [0.15, 0.2) is 9.84 Å². The molecule has 0 saturated carbocycles. The summed E-state index contributed by atoms with van der Waals surface area (Å²) in [6, 6.07) is 13.4. The van der Waals surface area contributed by atoms with Crippen LogP contribution in [0.15, 0.2) is 53.4 Å². The van der Waals surface area contributed by atoms with E-state index in [4.69, 9.17) is 0 Å². The second-order valence-corrected chi connectivity index (χ2v) is 7.21. The average Bonchev–Trinajstić information content (AvgIpc) is 2.71. The molecule has 0 amide bonds. The van der Waals surface area contributed by atoms with Gasteiger partial charge in [-0.3, -0.25) is 0 Å². The molecule has 2 aromatic carbocycles. The second kappa shape index (κ2) is 5.58. The summed E-state index contributed by atoms with van der Waals surface area (Å²) in [5, 5.41) is 3.26. The maximum Gasteiger partial charge on any atom is 0.180 e. The predicted molar refractivity (Wildman–Crippen MR) is 79.3 cm³/mol. The number of benzene rings is 2. The van der Waals surface area contributed by atoms with E-state index in [9.17, 15) is 12.8 Å². The summed E-state index contributed by atoms with van der Waals surface area (Å²) in [4.78, 5) is 0.424. The normalized spacial score (nSPS) is 19.4. The van der Waals surface area contributed by atoms with Crippen molar-refractivity contribution in [3.63, 3.8) is 0 Å². The highest BCUT2D eigenvalue weighted by Gasteiger charge is 2.33. The van der Waals surface area contributed by atoms with Crippen LogP contribution in [0.2, 0.25) is 0 Å². The van der Waals surface area contributed by atoms with E-state index in [1.807, 2.05) is 18.2 Å². The van der Waals surface area contributed by atoms with Crippen LogP contribution in [0.25, 0.3) is 0 Å². The average molecular weight is 305 g/mol. The highest BCUT2D eigenvalue weighted by molar-refractivity contribution is 7.91. The third-order valence-electron chi connectivity index (χ3n) is 3.71. The summed E-state index contributed by atoms with van der Waals surface area (Å²) in [7, 11) is -3.18. The van der Waals surface area contributed by atoms with Crippen molar-refractivity contribution in [1.82, 2.24) is 5.32 Å². The van der Waals surface area contributed by atoms with Gasteiger partial charge in [0.05, 0.1) is 10.6 Å². The topological polar surface area (TPSA) is 46.2 Å². The summed E-state index contributed by atoms with van der Waals surface area (Å²) in [6.07, 6.45) is 0.663. The molecule has 1 atom stereocenters. The third kappa shape index (κ3) is 2.99. The molecule has 0 fully saturated rings. The van der Waals surface area contributed by atoms with Gasteiger partial charge in [0.1, 0.15) is 5.82 Å². The van der Waals surface area contributed by atoms with Crippen molar-refractivity contribution in [3.05, 3.63) is 65.5 Å². The molecule has 0 aliphatic carbocycles. The van der Waals surface area contributed by atoms with Crippen LogP contribution >= 0.6 is 0 Å². The highest BCUT2D eigenvalue weighted by Crippen LogP contribution is 2.32. The molecule has 1 unspecified atom stereocenters. The fourth-order valence-electron chi connectivity index (χ4n) is 2.70. The van der Waals surface area contributed by atoms with Crippen LogP contribution in [0.4, 0.5) is 4.39 Å². The number of fused-ring (bicyclic) bond motifs is 1. The number of nitrogens with one attached hydrogen (secondary N) is 1. The van der Waals surface area contributed by atoms with Gasteiger partial charge >= 0.3 is 0 Å². The Morgan fingerprint density at radius 2 is 1.95 bits per heavy atom. The molecule has 3 rings (SSSR count). The van der Waals surface area contributed by atoms with E-state index in [-0.39, 0.29) is 17.6 Å². The number of halogens is 1. The van der Waals surface area contributed by atoms with E-state index in [1.165, 1.54) is 12.1 Å². The molecule has 21 heavy (non-hydrogen) atoms. The van der Waals surface area contributed by atoms with E-state index in [2.05, 4.69) is 5.32 Å². The standard InChI is InChI=1S/C16H16FNO2S/c17-13-5-3-4-12(10-13)8-9-18-15-11-21(19,20)16-7-2-1-6-14(15)16/h1-7,10,15,18H,8-9,11H2. The Hall–Kier alpha value is -1.72. The van der Waals surface area contributed by atoms with Gasteiger partial charge in [-0.2, -0.15) is 0 Å². The molecule has 0 saturated heterocycles. The van der Waals surface area contributed by atoms with Crippen molar-refractivity contribution in [3.8, 4) is 0 Å². The maximum atomic E-state index is 13.1. The lowest BCUT2D eigenvalue weighted by molar-refractivity contribution is 0.567. The Morgan fingerprint density at radius 1 is 1.14 bits per heavy atom. The molecule has 0 bridgehead atoms. The first-order valence-corrected chi connectivity index (χ1v) is 8.51. The van der Waals surface area contributed by atoms with E-state index in [1.54, 1.807) is 18.2 Å². The van der Waals surface area contributed by atoms with Gasteiger partial charge < -0.3 is 5.32 Å². The lowest BCUT2D eigenvalue weighted by atomic mass is 10.1. The minimum absolute atomic E-state index is 0.0928. The molecule has 1 heterocycles. The first-order chi connectivity index (χ1) is 10.1. The van der Waals surface area contributed by atoms with E-state index >= 15 is 0 Å². The zero-order chi connectivity index (χ0) is 14.9. The first-order valence-electron chi connectivity index (χ1n) is 6.86. The molecule has 0 radical (unpaired) electrons. The summed E-state index contributed by atoms with van der Waals surface area (Å²) < 4.78 is 37.2. The van der Waals surface area contributed by atoms with Crippen LogP contribution in [0.3, 0.4) is 0 Å². The molecule has 1 N–H and O–H groups in total. The Balaban J connectivity index is 1.67. The number of sulfone groups is 1. The summed E-state index contributed by atoms with van der Waals surface area (Å²) >= 11 is 0. The minimum Gasteiger partial charge on any atom is -0.309 e. The van der Waals surface area contributed by atoms with Crippen molar-refractivity contribution in [2.24, 2.45) is 0 Å². The van der Waals surface area contributed by atoms with Crippen LogP contribution in [0, 0.1) is 5.82 Å². The molecule has 0 aromatic heterocycles. The summed E-state index contributed by atoms with van der Waals surface area (Å²) in [5.74, 6) is -0.156. The lowest BCUT2D eigenvalue weighted by Crippen LogP contribution is -2.25. The SMILES string of the molecule is O=S1(=O)CC(NCCc2cccc(F)c2)c2ccccc21. The van der Waals surface area contributed by atoms with Crippen molar-refractivity contribution < 1.29 is 12.8 Å². The fraction of sp³-hybridized carbons (Fsp3) is 0.250. The third-order valence-corrected chi connectivity index (χ3v) is 5.52. The van der Waals surface area contributed by atoms with Gasteiger partial charge in [-0.15, -0.1) is 0 Å². The largest absolute Gasteiger partial charge is 0.309 e. The van der Waals surface area contributed by atoms with Crippen LogP contribution < -0.4 is 5.32 Å². The van der Waals surface area contributed by atoms with Crippen LogP contribution in [0.1, 0.15) is 17.2 Å². The Bertz CT molecular complexity index is 758. The highest BCUT2D eigenvalue weighted by atomic mass is 32.2. The number of rotatable bonds is 4. The van der Waals surface area contributed by atoms with E-state index in [0.717, 1.165) is 11.1 Å². The number of hydrogen-bond acceptors (Lipinski definition) is 3. The molecule has 3 nitrogen and oxygen atoms in total. The molecule has 2 aromatic rings. The molecule has 110 valence electrons.